The van der Waals surface area contributed by atoms with E-state index in [2.05, 4.69) is 11.8 Å². The van der Waals surface area contributed by atoms with E-state index < -0.39 is 5.51 Å². The molecule has 1 aliphatic carbocycles. The molecule has 0 nitrogen and oxygen atoms in total. The van der Waals surface area contributed by atoms with E-state index in [4.69, 9.17) is 0 Å². The molecule has 0 saturated heterocycles. The summed E-state index contributed by atoms with van der Waals surface area (Å²) in [5.41, 5.74) is -2.93. The average Bonchev–Trinajstić information content (AvgIpc) is 2.65. The highest BCUT2D eigenvalue weighted by Gasteiger charge is 2.30. The predicted octanol–water partition coefficient (Wildman–Crippen LogP) is 5.93. The fraction of sp³-hybridized carbons (Fsp3) is 0.529. The van der Waals surface area contributed by atoms with E-state index in [1.54, 1.807) is 6.07 Å². The monoisotopic (exact) mass is 312 g/mol. The van der Waals surface area contributed by atoms with Gasteiger partial charge in [0.1, 0.15) is 0 Å². The van der Waals surface area contributed by atoms with E-state index in [0.717, 1.165) is 18.4 Å². The van der Waals surface area contributed by atoms with Crippen LogP contribution in [-0.2, 0) is 0 Å². The molecule has 0 unspecified atom stereocenters. The minimum absolute atomic E-state index is 0.0702. The molecular formula is C17H19F3S. The zero-order valence-corrected chi connectivity index (χ0v) is 12.9. The van der Waals surface area contributed by atoms with Gasteiger partial charge in [0.2, 0.25) is 0 Å². The van der Waals surface area contributed by atoms with Crippen LogP contribution in [0.4, 0.5) is 13.2 Å². The Morgan fingerprint density at radius 3 is 2.38 bits per heavy atom. The minimum Gasteiger partial charge on any atom is -0.160 e. The highest BCUT2D eigenvalue weighted by Crippen LogP contribution is 2.39. The maximum absolute atomic E-state index is 12.6. The zero-order valence-electron chi connectivity index (χ0n) is 12.1. The van der Waals surface area contributed by atoms with Crippen molar-refractivity contribution in [3.05, 3.63) is 29.3 Å². The van der Waals surface area contributed by atoms with Gasteiger partial charge < -0.3 is 0 Å². The molecule has 0 spiro atoms. The van der Waals surface area contributed by atoms with Gasteiger partial charge >= 0.3 is 5.51 Å². The van der Waals surface area contributed by atoms with E-state index in [0.29, 0.717) is 11.5 Å². The molecule has 1 aromatic carbocycles. The fourth-order valence-electron chi connectivity index (χ4n) is 2.61. The number of rotatable bonds is 1. The Balaban J connectivity index is 2.22. The Bertz CT molecular complexity index is 529. The second kappa shape index (κ2) is 7.26. The van der Waals surface area contributed by atoms with Gasteiger partial charge in [0.25, 0.3) is 0 Å². The second-order valence-electron chi connectivity index (χ2n) is 5.45. The molecule has 0 bridgehead atoms. The predicted molar refractivity (Wildman–Crippen MR) is 81.2 cm³/mol. The number of aryl methyl sites for hydroxylation is 1. The first-order valence-corrected chi connectivity index (χ1v) is 8.14. The van der Waals surface area contributed by atoms with Crippen LogP contribution in [0.15, 0.2) is 23.1 Å². The lowest BCUT2D eigenvalue weighted by molar-refractivity contribution is -0.0328. The third-order valence-corrected chi connectivity index (χ3v) is 4.51. The maximum atomic E-state index is 12.6. The van der Waals surface area contributed by atoms with Crippen LogP contribution < -0.4 is 0 Å². The molecule has 0 aliphatic heterocycles. The van der Waals surface area contributed by atoms with Crippen molar-refractivity contribution in [1.29, 1.82) is 0 Å². The molecule has 21 heavy (non-hydrogen) atoms. The van der Waals surface area contributed by atoms with Crippen molar-refractivity contribution >= 4 is 11.8 Å². The summed E-state index contributed by atoms with van der Waals surface area (Å²) in [7, 11) is 0. The third kappa shape index (κ3) is 5.32. The summed E-state index contributed by atoms with van der Waals surface area (Å²) in [6, 6.07) is 4.97. The second-order valence-corrected chi connectivity index (χ2v) is 6.56. The molecule has 1 saturated carbocycles. The summed E-state index contributed by atoms with van der Waals surface area (Å²) in [5, 5.41) is 0. The standard InChI is InChI=1S/C17H19F3S/c1-13-7-6-10-16(21-17(18,19)20)15(13)12-11-14-8-4-2-3-5-9-14/h6-7,10,14H,2-5,8-9H2,1H3. The van der Waals surface area contributed by atoms with Gasteiger partial charge in [0, 0.05) is 16.4 Å². The number of benzene rings is 1. The molecule has 1 aromatic rings. The van der Waals surface area contributed by atoms with Crippen LogP contribution in [0.5, 0.6) is 0 Å². The normalized spacial score (nSPS) is 17.0. The summed E-state index contributed by atoms with van der Waals surface area (Å²) < 4.78 is 37.8. The van der Waals surface area contributed by atoms with Gasteiger partial charge in [0.05, 0.1) is 0 Å². The first kappa shape index (κ1) is 16.3. The summed E-state index contributed by atoms with van der Waals surface area (Å²) >= 11 is -0.0702. The van der Waals surface area contributed by atoms with Crippen LogP contribution in [0, 0.1) is 24.7 Å². The number of alkyl halides is 3. The van der Waals surface area contributed by atoms with Crippen molar-refractivity contribution in [2.24, 2.45) is 5.92 Å². The van der Waals surface area contributed by atoms with Crippen LogP contribution in [0.1, 0.15) is 49.7 Å². The van der Waals surface area contributed by atoms with Gasteiger partial charge in [-0.1, -0.05) is 49.7 Å². The summed E-state index contributed by atoms with van der Waals surface area (Å²) in [6.07, 6.45) is 6.99. The minimum atomic E-state index is -4.27. The highest BCUT2D eigenvalue weighted by molar-refractivity contribution is 8.00. The van der Waals surface area contributed by atoms with Crippen LogP contribution in [0.3, 0.4) is 0 Å². The van der Waals surface area contributed by atoms with Crippen LogP contribution in [0.2, 0.25) is 0 Å². The molecule has 1 aliphatic rings. The summed E-state index contributed by atoms with van der Waals surface area (Å²) in [5.74, 6) is 6.57. The molecular weight excluding hydrogens is 293 g/mol. The molecule has 0 N–H and O–H groups in total. The van der Waals surface area contributed by atoms with Crippen molar-refractivity contribution < 1.29 is 13.2 Å². The molecule has 0 heterocycles. The fourth-order valence-corrected chi connectivity index (χ4v) is 3.32. The zero-order chi connectivity index (χ0) is 15.3. The van der Waals surface area contributed by atoms with Crippen molar-refractivity contribution in [2.45, 2.75) is 55.9 Å². The van der Waals surface area contributed by atoms with Gasteiger partial charge in [-0.05, 0) is 43.2 Å². The number of hydrogen-bond donors (Lipinski definition) is 0. The van der Waals surface area contributed by atoms with Crippen molar-refractivity contribution in [1.82, 2.24) is 0 Å². The van der Waals surface area contributed by atoms with E-state index >= 15 is 0 Å². The van der Waals surface area contributed by atoms with Crippen molar-refractivity contribution in [2.75, 3.05) is 0 Å². The van der Waals surface area contributed by atoms with Crippen molar-refractivity contribution in [3.8, 4) is 11.8 Å². The number of halogens is 3. The van der Waals surface area contributed by atoms with Gasteiger partial charge in [0.15, 0.2) is 0 Å². The van der Waals surface area contributed by atoms with Gasteiger partial charge in [-0.2, -0.15) is 13.2 Å². The Kier molecular flexibility index (Phi) is 5.64. The highest BCUT2D eigenvalue weighted by atomic mass is 32.2. The lowest BCUT2D eigenvalue weighted by atomic mass is 10.00. The Hall–Kier alpha value is -1.08. The van der Waals surface area contributed by atoms with E-state index in [1.165, 1.54) is 31.7 Å². The van der Waals surface area contributed by atoms with E-state index in [9.17, 15) is 13.2 Å². The number of thioether (sulfide) groups is 1. The molecule has 2 rings (SSSR count). The smallest absolute Gasteiger partial charge is 0.160 e. The SMILES string of the molecule is Cc1cccc(SC(F)(F)F)c1C#CC1CCCCCC1. The Morgan fingerprint density at radius 1 is 1.10 bits per heavy atom. The quantitative estimate of drug-likeness (QED) is 0.352. The molecule has 0 amide bonds. The lowest BCUT2D eigenvalue weighted by Crippen LogP contribution is -2.01. The lowest BCUT2D eigenvalue weighted by Gasteiger charge is -2.10. The molecule has 0 radical (unpaired) electrons. The molecule has 1 fully saturated rings. The Morgan fingerprint density at radius 2 is 1.76 bits per heavy atom. The largest absolute Gasteiger partial charge is 0.446 e. The first-order chi connectivity index (χ1) is 9.96. The average molecular weight is 312 g/mol. The molecule has 4 heteroatoms. The van der Waals surface area contributed by atoms with E-state index in [1.807, 2.05) is 13.0 Å². The topological polar surface area (TPSA) is 0 Å². The van der Waals surface area contributed by atoms with Gasteiger partial charge in [-0.15, -0.1) is 0 Å². The van der Waals surface area contributed by atoms with Crippen molar-refractivity contribution in [3.63, 3.8) is 0 Å². The van der Waals surface area contributed by atoms with Gasteiger partial charge in [-0.3, -0.25) is 0 Å². The molecule has 0 aromatic heterocycles. The van der Waals surface area contributed by atoms with Crippen LogP contribution in [0.25, 0.3) is 0 Å². The maximum Gasteiger partial charge on any atom is 0.446 e. The summed E-state index contributed by atoms with van der Waals surface area (Å²) in [6.45, 7) is 1.82. The number of hydrogen-bond acceptors (Lipinski definition) is 1. The third-order valence-electron chi connectivity index (χ3n) is 3.72. The molecule has 114 valence electrons. The van der Waals surface area contributed by atoms with Crippen LogP contribution >= 0.6 is 11.8 Å². The van der Waals surface area contributed by atoms with Crippen LogP contribution in [-0.4, -0.2) is 5.51 Å². The first-order valence-electron chi connectivity index (χ1n) is 7.32. The Labute approximate surface area is 128 Å². The molecule has 0 atom stereocenters. The van der Waals surface area contributed by atoms with E-state index in [-0.39, 0.29) is 16.7 Å². The summed E-state index contributed by atoms with van der Waals surface area (Å²) in [4.78, 5) is 0.212. The van der Waals surface area contributed by atoms with Gasteiger partial charge in [-0.25, -0.2) is 0 Å².